The minimum atomic E-state index is -0.267. The van der Waals surface area contributed by atoms with E-state index in [0.717, 1.165) is 25.7 Å². The van der Waals surface area contributed by atoms with Crippen molar-refractivity contribution in [2.45, 2.75) is 32.1 Å². The third-order valence-electron chi connectivity index (χ3n) is 5.32. The van der Waals surface area contributed by atoms with E-state index in [1.807, 2.05) is 0 Å². The molecule has 1 aromatic carbocycles. The normalized spacial score (nSPS) is 21.8. The predicted octanol–water partition coefficient (Wildman–Crippen LogP) is 1.89. The zero-order valence-electron chi connectivity index (χ0n) is 15.7. The molecule has 0 unspecified atom stereocenters. The Morgan fingerprint density at radius 2 is 1.59 bits per heavy atom. The lowest BCUT2D eigenvalue weighted by Gasteiger charge is -2.19. The Labute approximate surface area is 158 Å². The molecule has 27 heavy (non-hydrogen) atoms. The van der Waals surface area contributed by atoms with E-state index in [0.29, 0.717) is 11.3 Å². The number of carbonyl (C=O) groups is 4. The molecule has 0 bridgehead atoms. The molecule has 0 spiro atoms. The molecule has 1 heterocycles. The Morgan fingerprint density at radius 1 is 1.04 bits per heavy atom. The number of likely N-dealkylation sites (tertiary alicyclic amines) is 1. The third kappa shape index (κ3) is 4.02. The molecule has 0 radical (unpaired) electrons. The topological polar surface area (TPSA) is 86.8 Å². The van der Waals surface area contributed by atoms with E-state index in [-0.39, 0.29) is 48.4 Å². The molecule has 1 saturated carbocycles. The molecule has 4 amide bonds. The first kappa shape index (κ1) is 19.1. The molecule has 144 valence electrons. The van der Waals surface area contributed by atoms with Gasteiger partial charge in [-0.3, -0.25) is 24.1 Å². The summed E-state index contributed by atoms with van der Waals surface area (Å²) in [5, 5.41) is 2.74. The number of hydrogen-bond acceptors (Lipinski definition) is 4. The molecule has 1 N–H and O–H groups in total. The van der Waals surface area contributed by atoms with Crippen LogP contribution in [0.15, 0.2) is 24.3 Å². The molecular weight excluding hydrogens is 346 g/mol. The van der Waals surface area contributed by atoms with Crippen molar-refractivity contribution in [1.82, 2.24) is 9.80 Å². The van der Waals surface area contributed by atoms with E-state index in [4.69, 9.17) is 0 Å². The first-order valence-electron chi connectivity index (χ1n) is 9.35. The lowest BCUT2D eigenvalue weighted by atomic mass is 9.81. The van der Waals surface area contributed by atoms with Crippen molar-refractivity contribution < 1.29 is 19.2 Å². The van der Waals surface area contributed by atoms with Crippen LogP contribution in [-0.4, -0.2) is 54.1 Å². The van der Waals surface area contributed by atoms with Gasteiger partial charge in [0.05, 0.1) is 11.8 Å². The van der Waals surface area contributed by atoms with E-state index < -0.39 is 0 Å². The quantitative estimate of drug-likeness (QED) is 0.801. The smallest absolute Gasteiger partial charge is 0.253 e. The van der Waals surface area contributed by atoms with E-state index >= 15 is 0 Å². The molecule has 2 atom stereocenters. The summed E-state index contributed by atoms with van der Waals surface area (Å²) in [4.78, 5) is 51.6. The van der Waals surface area contributed by atoms with E-state index in [1.54, 1.807) is 38.4 Å². The molecule has 1 aliphatic carbocycles. The Kier molecular flexibility index (Phi) is 5.58. The van der Waals surface area contributed by atoms with Crippen LogP contribution in [0.1, 0.15) is 42.5 Å². The highest BCUT2D eigenvalue weighted by atomic mass is 16.2. The molecule has 1 aliphatic heterocycles. The zero-order chi connectivity index (χ0) is 19.6. The molecular formula is C20H25N3O4. The van der Waals surface area contributed by atoms with Crippen LogP contribution in [-0.2, 0) is 14.4 Å². The van der Waals surface area contributed by atoms with Crippen LogP contribution in [0.4, 0.5) is 5.69 Å². The Morgan fingerprint density at radius 3 is 2.11 bits per heavy atom. The summed E-state index contributed by atoms with van der Waals surface area (Å²) in [5.74, 6) is -0.988. The number of imide groups is 1. The molecule has 1 aromatic rings. The third-order valence-corrected chi connectivity index (χ3v) is 5.32. The van der Waals surface area contributed by atoms with E-state index in [9.17, 15) is 19.2 Å². The number of nitrogens with zero attached hydrogens (tertiary/aromatic N) is 2. The summed E-state index contributed by atoms with van der Waals surface area (Å²) in [6.45, 7) is 0.119. The van der Waals surface area contributed by atoms with Crippen molar-refractivity contribution in [2.75, 3.05) is 26.0 Å². The number of amides is 4. The van der Waals surface area contributed by atoms with Crippen LogP contribution >= 0.6 is 0 Å². The summed E-state index contributed by atoms with van der Waals surface area (Å²) < 4.78 is 0. The molecule has 3 rings (SSSR count). The van der Waals surface area contributed by atoms with Crippen molar-refractivity contribution in [3.63, 3.8) is 0 Å². The monoisotopic (exact) mass is 371 g/mol. The minimum Gasteiger partial charge on any atom is -0.345 e. The van der Waals surface area contributed by atoms with Gasteiger partial charge < -0.3 is 10.2 Å². The van der Waals surface area contributed by atoms with Crippen molar-refractivity contribution >= 4 is 29.3 Å². The van der Waals surface area contributed by atoms with Crippen LogP contribution in [0.2, 0.25) is 0 Å². The fraction of sp³-hybridized carbons (Fsp3) is 0.500. The second-order valence-corrected chi connectivity index (χ2v) is 7.40. The largest absolute Gasteiger partial charge is 0.345 e. The Balaban J connectivity index is 1.53. The maximum Gasteiger partial charge on any atom is 0.253 e. The summed E-state index contributed by atoms with van der Waals surface area (Å²) in [6, 6.07) is 6.62. The molecule has 2 fully saturated rings. The van der Waals surface area contributed by atoms with Crippen molar-refractivity contribution in [3.05, 3.63) is 29.8 Å². The number of nitrogens with one attached hydrogen (secondary N) is 1. The SMILES string of the molecule is CN(C)C(=O)c1ccc(NC(=O)CCN2C(=O)[C@H]3CCCC[C@@H]3C2=O)cc1. The molecule has 0 aromatic heterocycles. The highest BCUT2D eigenvalue weighted by Gasteiger charge is 2.47. The van der Waals surface area contributed by atoms with Gasteiger partial charge in [0.25, 0.3) is 5.91 Å². The standard InChI is InChI=1S/C20H25N3O4/c1-22(2)18(25)13-7-9-14(10-8-13)21-17(24)11-12-23-19(26)15-5-3-4-6-16(15)20(23)27/h7-10,15-16H,3-6,11-12H2,1-2H3,(H,21,24)/t15-,16-/m0/s1. The Bertz CT molecular complexity index is 733. The zero-order valence-corrected chi connectivity index (χ0v) is 15.7. The summed E-state index contributed by atoms with van der Waals surface area (Å²) >= 11 is 0. The summed E-state index contributed by atoms with van der Waals surface area (Å²) in [5.41, 5.74) is 1.11. The predicted molar refractivity (Wildman–Crippen MR) is 99.9 cm³/mol. The molecule has 1 saturated heterocycles. The van der Waals surface area contributed by atoms with Gasteiger partial charge in [-0.2, -0.15) is 0 Å². The average Bonchev–Trinajstić information content (AvgIpc) is 2.91. The van der Waals surface area contributed by atoms with Gasteiger partial charge >= 0.3 is 0 Å². The highest BCUT2D eigenvalue weighted by molar-refractivity contribution is 6.05. The van der Waals surface area contributed by atoms with Gasteiger partial charge in [0.15, 0.2) is 0 Å². The number of carbonyl (C=O) groups excluding carboxylic acids is 4. The van der Waals surface area contributed by atoms with Crippen LogP contribution in [0.5, 0.6) is 0 Å². The molecule has 7 nitrogen and oxygen atoms in total. The van der Waals surface area contributed by atoms with Crippen LogP contribution in [0.3, 0.4) is 0 Å². The van der Waals surface area contributed by atoms with Gasteiger partial charge in [0.1, 0.15) is 0 Å². The van der Waals surface area contributed by atoms with Crippen LogP contribution in [0.25, 0.3) is 0 Å². The first-order chi connectivity index (χ1) is 12.9. The maximum atomic E-state index is 12.4. The first-order valence-corrected chi connectivity index (χ1v) is 9.35. The van der Waals surface area contributed by atoms with Crippen molar-refractivity contribution in [2.24, 2.45) is 11.8 Å². The molecule has 2 aliphatic rings. The summed E-state index contributed by atoms with van der Waals surface area (Å²) in [6.07, 6.45) is 3.59. The fourth-order valence-electron chi connectivity index (χ4n) is 3.84. The Hall–Kier alpha value is -2.70. The number of rotatable bonds is 5. The van der Waals surface area contributed by atoms with Crippen molar-refractivity contribution in [3.8, 4) is 0 Å². The van der Waals surface area contributed by atoms with Gasteiger partial charge in [-0.15, -0.1) is 0 Å². The lowest BCUT2D eigenvalue weighted by Crippen LogP contribution is -2.34. The second kappa shape index (κ2) is 7.90. The van der Waals surface area contributed by atoms with Crippen molar-refractivity contribution in [1.29, 1.82) is 0 Å². The van der Waals surface area contributed by atoms with Gasteiger partial charge in [-0.25, -0.2) is 0 Å². The van der Waals surface area contributed by atoms with E-state index in [1.165, 1.54) is 9.80 Å². The molecule has 7 heteroatoms. The van der Waals surface area contributed by atoms with Gasteiger partial charge in [0, 0.05) is 38.3 Å². The maximum absolute atomic E-state index is 12.4. The van der Waals surface area contributed by atoms with E-state index in [2.05, 4.69) is 5.32 Å². The number of anilines is 1. The van der Waals surface area contributed by atoms with Gasteiger partial charge in [0.2, 0.25) is 17.7 Å². The van der Waals surface area contributed by atoms with Crippen LogP contribution < -0.4 is 5.32 Å². The second-order valence-electron chi connectivity index (χ2n) is 7.40. The van der Waals surface area contributed by atoms with Gasteiger partial charge in [-0.1, -0.05) is 12.8 Å². The number of hydrogen-bond donors (Lipinski definition) is 1. The number of benzene rings is 1. The average molecular weight is 371 g/mol. The lowest BCUT2D eigenvalue weighted by molar-refractivity contribution is -0.140. The highest BCUT2D eigenvalue weighted by Crippen LogP contribution is 2.37. The van der Waals surface area contributed by atoms with Gasteiger partial charge in [-0.05, 0) is 37.1 Å². The fourth-order valence-corrected chi connectivity index (χ4v) is 3.84. The van der Waals surface area contributed by atoms with Crippen LogP contribution in [0, 0.1) is 11.8 Å². The summed E-state index contributed by atoms with van der Waals surface area (Å²) in [7, 11) is 3.35. The number of fused-ring (bicyclic) bond motifs is 1. The minimum absolute atomic E-state index is 0.0648.